The molecule has 1 aliphatic carbocycles. The molecule has 1 saturated carbocycles. The number of hydrogen-bond acceptors (Lipinski definition) is 22. The Morgan fingerprint density at radius 1 is 0.744 bits per heavy atom. The highest BCUT2D eigenvalue weighted by Gasteiger charge is 2.34. The average molecular weight is 1220 g/mol. The molecule has 2 aromatic rings. The van der Waals surface area contributed by atoms with E-state index in [1.165, 1.54) is 9.94 Å². The van der Waals surface area contributed by atoms with Gasteiger partial charge in [-0.05, 0) is 57.1 Å². The van der Waals surface area contributed by atoms with Crippen LogP contribution in [0.3, 0.4) is 0 Å². The number of amidine groups is 1. The number of nitrogens with zero attached hydrogens (tertiary/aromatic N) is 3. The number of ether oxygens (including phenoxy) is 12. The summed E-state index contributed by atoms with van der Waals surface area (Å²) < 4.78 is 151. The van der Waals surface area contributed by atoms with E-state index >= 15 is 0 Å². The third kappa shape index (κ3) is 25.4. The minimum absolute atomic E-state index is 0.00805. The highest BCUT2D eigenvalue weighted by Crippen LogP contribution is 2.37. The molecular weight excluding hydrogens is 1140 g/mol. The first kappa shape index (κ1) is 68.3. The van der Waals surface area contributed by atoms with Gasteiger partial charge in [0.15, 0.2) is 16.5 Å². The predicted octanol–water partition coefficient (Wildman–Crippen LogP) is 4.41. The first-order valence-electron chi connectivity index (χ1n) is 27.2. The van der Waals surface area contributed by atoms with E-state index < -0.39 is 62.5 Å². The van der Waals surface area contributed by atoms with Crippen LogP contribution in [0.5, 0.6) is 5.75 Å². The highest BCUT2D eigenvalue weighted by molar-refractivity contribution is 7.85. The van der Waals surface area contributed by atoms with Gasteiger partial charge in [0.05, 0.1) is 162 Å². The number of aliphatic imine (C=N–C) groups is 1. The Hall–Kier alpha value is -4.51. The lowest BCUT2D eigenvalue weighted by atomic mass is 9.95. The SMILES string of the molecule is CCON(CCCNC(=O)OC1CCC1)C(=O)C1=Cc2sc(CC3CN(CCOCCOCCOCCOCCOCCOCCOCCOCCOCCOCCC(=O)Oc4c(F)c(F)c(S(=O)(=O)O)c(F)c4F)C3)cc2N=C(N)C1. The zero-order valence-corrected chi connectivity index (χ0v) is 47.8. The number of carbonyl (C=O) groups excluding carboxylic acids is 3. The van der Waals surface area contributed by atoms with Crippen molar-refractivity contribution in [2.24, 2.45) is 16.6 Å². The van der Waals surface area contributed by atoms with Gasteiger partial charge >= 0.3 is 22.2 Å². The Kier molecular flexibility index (Phi) is 32.0. The Labute approximate surface area is 478 Å². The molecule has 2 fully saturated rings. The molecule has 2 amide bonds. The van der Waals surface area contributed by atoms with Crippen LogP contribution in [0.1, 0.15) is 55.2 Å². The summed E-state index contributed by atoms with van der Waals surface area (Å²) in [6.45, 7) is 12.4. The van der Waals surface area contributed by atoms with Crippen molar-refractivity contribution >= 4 is 57.0 Å². The minimum atomic E-state index is -5.65. The van der Waals surface area contributed by atoms with Gasteiger partial charge in [-0.3, -0.25) is 19.0 Å². The van der Waals surface area contributed by atoms with Crippen molar-refractivity contribution in [2.75, 3.05) is 171 Å². The van der Waals surface area contributed by atoms with E-state index in [1.54, 1.807) is 11.3 Å². The van der Waals surface area contributed by atoms with Crippen molar-refractivity contribution in [3.8, 4) is 5.75 Å². The summed E-state index contributed by atoms with van der Waals surface area (Å²) >= 11 is 1.63. The fraction of sp³-hybridized carbons (Fsp3) is 0.692. The predicted molar refractivity (Wildman–Crippen MR) is 286 cm³/mol. The van der Waals surface area contributed by atoms with E-state index in [9.17, 15) is 40.4 Å². The average Bonchev–Trinajstić information content (AvgIpc) is 2.86. The molecule has 1 aromatic heterocycles. The summed E-state index contributed by atoms with van der Waals surface area (Å²) in [5.74, 6) is -12.0. The van der Waals surface area contributed by atoms with Crippen LogP contribution in [-0.4, -0.2) is 224 Å². The largest absolute Gasteiger partial charge is 0.446 e. The summed E-state index contributed by atoms with van der Waals surface area (Å²) in [5, 5.41) is 4.09. The van der Waals surface area contributed by atoms with Crippen molar-refractivity contribution in [1.29, 1.82) is 0 Å². The van der Waals surface area contributed by atoms with E-state index in [0.29, 0.717) is 143 Å². The number of fused-ring (bicyclic) bond motifs is 1. The fourth-order valence-corrected chi connectivity index (χ4v) is 9.70. The number of halogens is 4. The zero-order chi connectivity index (χ0) is 59.0. The molecule has 0 spiro atoms. The molecule has 3 aliphatic rings. The van der Waals surface area contributed by atoms with E-state index in [2.05, 4.69) is 26.0 Å². The van der Waals surface area contributed by atoms with Gasteiger partial charge < -0.3 is 72.8 Å². The quantitative estimate of drug-likeness (QED) is 0.0157. The summed E-state index contributed by atoms with van der Waals surface area (Å²) in [4.78, 5) is 50.0. The number of rotatable bonds is 45. The van der Waals surface area contributed by atoms with Crippen LogP contribution in [0.2, 0.25) is 0 Å². The number of nitrogens with one attached hydrogen (secondary N) is 1. The molecule has 0 radical (unpaired) electrons. The Bertz CT molecular complexity index is 2410. The van der Waals surface area contributed by atoms with E-state index in [1.807, 2.05) is 13.0 Å². The maximum Gasteiger partial charge on any atom is 0.407 e. The van der Waals surface area contributed by atoms with Crippen LogP contribution >= 0.6 is 11.3 Å². The number of hydrogen-bond donors (Lipinski definition) is 3. The summed E-state index contributed by atoms with van der Waals surface area (Å²) in [7, 11) is -5.65. The maximum atomic E-state index is 14.0. The Morgan fingerprint density at radius 2 is 1.23 bits per heavy atom. The number of nitrogens with two attached hydrogens (primary N) is 1. The van der Waals surface area contributed by atoms with E-state index in [-0.39, 0.29) is 51.5 Å². The third-order valence-electron chi connectivity index (χ3n) is 12.2. The molecular formula is C52H77F4N5O19S2. The van der Waals surface area contributed by atoms with Gasteiger partial charge in [-0.15, -0.1) is 11.3 Å². The molecule has 24 nitrogen and oxygen atoms in total. The molecule has 30 heteroatoms. The van der Waals surface area contributed by atoms with Gasteiger partial charge in [-0.25, -0.2) is 23.6 Å². The second-order valence-corrected chi connectivity index (χ2v) is 21.1. The van der Waals surface area contributed by atoms with Gasteiger partial charge in [-0.2, -0.15) is 17.2 Å². The number of esters is 1. The molecule has 4 N–H and O–H groups in total. The molecule has 0 atom stereocenters. The number of amides is 2. The van der Waals surface area contributed by atoms with Crippen molar-refractivity contribution in [3.63, 3.8) is 0 Å². The first-order valence-corrected chi connectivity index (χ1v) is 29.5. The summed E-state index contributed by atoms with van der Waals surface area (Å²) in [6.07, 6.45) is 5.40. The number of carbonyl (C=O) groups is 3. The second kappa shape index (κ2) is 38.4. The summed E-state index contributed by atoms with van der Waals surface area (Å²) in [6, 6.07) is 2.07. The first-order chi connectivity index (χ1) is 39.6. The molecule has 464 valence electrons. The highest BCUT2D eigenvalue weighted by atomic mass is 32.2. The number of alkyl carbamates (subject to hydrolysis) is 1. The molecule has 0 bridgehead atoms. The number of thiophene rings is 1. The van der Waals surface area contributed by atoms with Crippen molar-refractivity contribution in [3.05, 3.63) is 44.7 Å². The Morgan fingerprint density at radius 3 is 1.70 bits per heavy atom. The topological polar surface area (TPSA) is 282 Å². The lowest BCUT2D eigenvalue weighted by Gasteiger charge is -2.39. The monoisotopic (exact) mass is 1220 g/mol. The minimum Gasteiger partial charge on any atom is -0.446 e. The van der Waals surface area contributed by atoms with Crippen LogP contribution in [0.4, 0.5) is 28.0 Å². The molecule has 82 heavy (non-hydrogen) atoms. The molecule has 0 unspecified atom stereocenters. The van der Waals surface area contributed by atoms with E-state index in [0.717, 1.165) is 55.9 Å². The molecule has 5 rings (SSSR count). The van der Waals surface area contributed by atoms with Gasteiger partial charge in [0.2, 0.25) is 17.4 Å². The van der Waals surface area contributed by atoms with Gasteiger partial charge in [-0.1, -0.05) is 0 Å². The van der Waals surface area contributed by atoms with Crippen molar-refractivity contribution in [1.82, 2.24) is 15.3 Å². The number of likely N-dealkylation sites (tertiary alicyclic amines) is 1. The lowest BCUT2D eigenvalue weighted by Crippen LogP contribution is -2.48. The lowest BCUT2D eigenvalue weighted by molar-refractivity contribution is -0.180. The standard InChI is InChI=1S/C52H77F4N5O19S2/c1-2-78-61(9-4-8-58-52(64)79-39-5-3-6-39)51(63)38-32-42-41(59-43(57)33-38)34-40(81-42)31-37-35-60(36-37)10-12-69-14-16-71-18-20-73-22-24-75-26-28-77-30-29-76-27-25-74-23-21-72-19-17-70-15-13-68-11-7-44(62)80-49-45(53)47(55)50(82(65,66)67)48(56)46(49)54/h32,34,37,39H,2-31,33,35-36H2,1H3,(H2,57,59)(H,58,64)(H,65,66,67). The zero-order valence-electron chi connectivity index (χ0n) is 46.2. The summed E-state index contributed by atoms with van der Waals surface area (Å²) in [5.41, 5.74) is 7.57. The van der Waals surface area contributed by atoms with Gasteiger partial charge in [0, 0.05) is 43.1 Å². The second-order valence-electron chi connectivity index (χ2n) is 18.5. The van der Waals surface area contributed by atoms with Crippen LogP contribution in [0.25, 0.3) is 6.08 Å². The van der Waals surface area contributed by atoms with Crippen LogP contribution < -0.4 is 15.8 Å². The van der Waals surface area contributed by atoms with Crippen LogP contribution in [0, 0.1) is 29.2 Å². The van der Waals surface area contributed by atoms with Crippen LogP contribution in [0.15, 0.2) is 21.5 Å². The number of hydroxylamine groups is 2. The van der Waals surface area contributed by atoms with Crippen molar-refractivity contribution in [2.45, 2.75) is 62.9 Å². The van der Waals surface area contributed by atoms with Crippen molar-refractivity contribution < 1.29 is 107 Å². The van der Waals surface area contributed by atoms with Gasteiger partial charge in [0.1, 0.15) is 11.9 Å². The molecule has 1 aromatic carbocycles. The Balaban J connectivity index is 0.728. The van der Waals surface area contributed by atoms with Crippen LogP contribution in [-0.2, 0) is 83.1 Å². The maximum absolute atomic E-state index is 14.0. The normalized spacial score (nSPS) is 14.9. The number of benzene rings is 1. The molecule has 3 heterocycles. The molecule has 2 aliphatic heterocycles. The van der Waals surface area contributed by atoms with Gasteiger partial charge in [0.25, 0.3) is 5.91 Å². The van der Waals surface area contributed by atoms with E-state index in [4.69, 9.17) is 67.2 Å². The smallest absolute Gasteiger partial charge is 0.407 e. The third-order valence-corrected chi connectivity index (χ3v) is 14.1. The fourth-order valence-electron chi connectivity index (χ4n) is 7.89. The molecule has 1 saturated heterocycles.